The molecule has 28 heavy (non-hydrogen) atoms. The first-order valence-electron chi connectivity index (χ1n) is 8.89. The van der Waals surface area contributed by atoms with Gasteiger partial charge in [-0.2, -0.15) is 4.31 Å². The highest BCUT2D eigenvalue weighted by Gasteiger charge is 2.33. The lowest BCUT2D eigenvalue weighted by Gasteiger charge is -2.31. The van der Waals surface area contributed by atoms with Gasteiger partial charge < -0.3 is 14.6 Å². The fourth-order valence-electron chi connectivity index (χ4n) is 3.17. The number of quaternary nitrogens is 1. The molecule has 0 bridgehead atoms. The summed E-state index contributed by atoms with van der Waals surface area (Å²) in [5.41, 5.74) is 0. The van der Waals surface area contributed by atoms with Crippen LogP contribution in [0.1, 0.15) is 18.7 Å². The van der Waals surface area contributed by atoms with Gasteiger partial charge in [0.25, 0.3) is 5.91 Å². The summed E-state index contributed by atoms with van der Waals surface area (Å²) in [6.45, 7) is 3.12. The zero-order valence-corrected chi connectivity index (χ0v) is 16.1. The van der Waals surface area contributed by atoms with Gasteiger partial charge in [-0.1, -0.05) is 0 Å². The molecule has 1 fully saturated rings. The summed E-state index contributed by atoms with van der Waals surface area (Å²) in [7, 11) is -4.04. The maximum Gasteiger partial charge on any atom is 0.275 e. The molecule has 0 radical (unpaired) electrons. The molecule has 2 N–H and O–H groups in total. The molecule has 7 nitrogen and oxygen atoms in total. The number of carbonyl (C=O) groups is 1. The molecule has 3 rings (SSSR count). The summed E-state index contributed by atoms with van der Waals surface area (Å²) in [5, 5.41) is 2.84. The topological polar surface area (TPSA) is 84.1 Å². The van der Waals surface area contributed by atoms with Crippen molar-refractivity contribution in [3.63, 3.8) is 0 Å². The van der Waals surface area contributed by atoms with Crippen LogP contribution in [0.25, 0.3) is 0 Å². The summed E-state index contributed by atoms with van der Waals surface area (Å²) in [4.78, 5) is 12.6. The molecule has 2 aromatic rings. The van der Waals surface area contributed by atoms with E-state index in [-0.39, 0.29) is 31.6 Å². The molecule has 1 saturated heterocycles. The van der Waals surface area contributed by atoms with Crippen molar-refractivity contribution in [2.24, 2.45) is 0 Å². The first kappa shape index (κ1) is 20.4. The van der Waals surface area contributed by atoms with Crippen LogP contribution in [-0.4, -0.2) is 51.4 Å². The summed E-state index contributed by atoms with van der Waals surface area (Å²) in [5.74, 6) is -1.46. The maximum atomic E-state index is 13.9. The molecule has 1 aliphatic rings. The van der Waals surface area contributed by atoms with Gasteiger partial charge in [0, 0.05) is 6.07 Å². The summed E-state index contributed by atoms with van der Waals surface area (Å²) >= 11 is 0. The Bertz CT molecular complexity index is 926. The molecule has 10 heteroatoms. The Morgan fingerprint density at radius 1 is 1.29 bits per heavy atom. The molecule has 1 aliphatic heterocycles. The molecule has 0 saturated carbocycles. The Morgan fingerprint density at radius 3 is 2.61 bits per heavy atom. The Balaban J connectivity index is 1.54. The standard InChI is InChI=1S/C18H21F2N3O4S/c1-13(16-3-2-10-27-16)21-18(24)12-22-6-8-23(9-7-22)28(25,26)17-5-4-14(19)11-15(17)20/h2-5,10-11,13H,6-9,12H2,1H3,(H,21,24)/p+1/t13-/m1/s1. The van der Waals surface area contributed by atoms with Crippen molar-refractivity contribution in [3.05, 3.63) is 54.0 Å². The van der Waals surface area contributed by atoms with Crippen molar-refractivity contribution >= 4 is 15.9 Å². The number of carbonyl (C=O) groups excluding carboxylic acids is 1. The van der Waals surface area contributed by atoms with E-state index in [4.69, 9.17) is 4.42 Å². The van der Waals surface area contributed by atoms with E-state index in [1.54, 1.807) is 12.1 Å². The minimum absolute atomic E-state index is 0.148. The first-order valence-corrected chi connectivity index (χ1v) is 10.3. The van der Waals surface area contributed by atoms with Crippen LogP contribution < -0.4 is 10.2 Å². The number of nitrogens with zero attached hydrogens (tertiary/aromatic N) is 1. The van der Waals surface area contributed by atoms with Crippen molar-refractivity contribution in [2.75, 3.05) is 32.7 Å². The van der Waals surface area contributed by atoms with Crippen LogP contribution in [0.4, 0.5) is 8.78 Å². The predicted molar refractivity (Wildman–Crippen MR) is 95.9 cm³/mol. The summed E-state index contributed by atoms with van der Waals surface area (Å²) in [6, 6.07) is 5.66. The van der Waals surface area contributed by atoms with Gasteiger partial charge in [0.15, 0.2) is 6.54 Å². The number of piperazine rings is 1. The van der Waals surface area contributed by atoms with E-state index in [0.717, 1.165) is 21.3 Å². The van der Waals surface area contributed by atoms with Crippen LogP contribution in [0.2, 0.25) is 0 Å². The van der Waals surface area contributed by atoms with Gasteiger partial charge in [0.1, 0.15) is 22.3 Å². The summed E-state index contributed by atoms with van der Waals surface area (Å²) < 4.78 is 58.5. The smallest absolute Gasteiger partial charge is 0.275 e. The predicted octanol–water partition coefficient (Wildman–Crippen LogP) is 0.324. The lowest BCUT2D eigenvalue weighted by Crippen LogP contribution is -3.15. The summed E-state index contributed by atoms with van der Waals surface area (Å²) in [6.07, 6.45) is 1.53. The van der Waals surface area contributed by atoms with E-state index in [1.165, 1.54) is 6.26 Å². The molecule has 2 heterocycles. The maximum absolute atomic E-state index is 13.9. The minimum atomic E-state index is -4.04. The van der Waals surface area contributed by atoms with Gasteiger partial charge in [-0.25, -0.2) is 17.2 Å². The van der Waals surface area contributed by atoms with Crippen molar-refractivity contribution in [1.29, 1.82) is 0 Å². The van der Waals surface area contributed by atoms with Gasteiger partial charge in [0.05, 0.1) is 38.5 Å². The highest BCUT2D eigenvalue weighted by Crippen LogP contribution is 2.20. The molecule has 152 valence electrons. The van der Waals surface area contributed by atoms with E-state index in [9.17, 15) is 22.0 Å². The molecule has 0 unspecified atom stereocenters. The van der Waals surface area contributed by atoms with Crippen molar-refractivity contribution in [3.8, 4) is 0 Å². The molecule has 0 spiro atoms. The van der Waals surface area contributed by atoms with E-state index >= 15 is 0 Å². The van der Waals surface area contributed by atoms with E-state index in [2.05, 4.69) is 5.32 Å². The molecule has 1 amide bonds. The van der Waals surface area contributed by atoms with Crippen LogP contribution in [0.3, 0.4) is 0 Å². The number of furan rings is 1. The average Bonchev–Trinajstić information content (AvgIpc) is 3.16. The van der Waals surface area contributed by atoms with Crippen molar-refractivity contribution in [1.82, 2.24) is 9.62 Å². The fourth-order valence-corrected chi connectivity index (χ4v) is 4.66. The second-order valence-electron chi connectivity index (χ2n) is 6.71. The molecule has 1 atom stereocenters. The average molecular weight is 414 g/mol. The Kier molecular flexibility index (Phi) is 6.11. The number of nitrogens with one attached hydrogen (secondary N) is 2. The van der Waals surface area contributed by atoms with Gasteiger partial charge >= 0.3 is 0 Å². The van der Waals surface area contributed by atoms with Gasteiger partial charge in [-0.3, -0.25) is 4.79 Å². The second kappa shape index (κ2) is 8.38. The van der Waals surface area contributed by atoms with E-state index < -0.39 is 26.6 Å². The van der Waals surface area contributed by atoms with Gasteiger partial charge in [-0.15, -0.1) is 0 Å². The number of sulfonamides is 1. The van der Waals surface area contributed by atoms with Crippen LogP contribution in [0, 0.1) is 11.6 Å². The van der Waals surface area contributed by atoms with E-state index in [1.807, 2.05) is 6.92 Å². The number of hydrogen-bond acceptors (Lipinski definition) is 4. The Morgan fingerprint density at radius 2 is 2.00 bits per heavy atom. The number of benzene rings is 1. The molecule has 0 aliphatic carbocycles. The molecular weight excluding hydrogens is 392 g/mol. The molecule has 1 aromatic heterocycles. The largest absolute Gasteiger partial charge is 0.467 e. The zero-order chi connectivity index (χ0) is 20.3. The van der Waals surface area contributed by atoms with Crippen molar-refractivity contribution < 1.29 is 31.3 Å². The van der Waals surface area contributed by atoms with Crippen LogP contribution in [0.5, 0.6) is 0 Å². The van der Waals surface area contributed by atoms with Crippen LogP contribution >= 0.6 is 0 Å². The number of amides is 1. The van der Waals surface area contributed by atoms with Gasteiger partial charge in [0.2, 0.25) is 10.0 Å². The SMILES string of the molecule is C[C@@H](NC(=O)C[NH+]1CCN(S(=O)(=O)c2ccc(F)cc2F)CC1)c1ccco1. The Labute approximate surface area is 162 Å². The molecular formula is C18H22F2N3O4S+. The number of hydrogen-bond donors (Lipinski definition) is 2. The molecule has 1 aromatic carbocycles. The fraction of sp³-hybridized carbons (Fsp3) is 0.389. The van der Waals surface area contributed by atoms with Gasteiger partial charge in [-0.05, 0) is 31.2 Å². The number of halogens is 2. The lowest BCUT2D eigenvalue weighted by molar-refractivity contribution is -0.895. The second-order valence-corrected chi connectivity index (χ2v) is 8.62. The quantitative estimate of drug-likeness (QED) is 0.714. The normalized spacial score (nSPS) is 17.4. The Hall–Kier alpha value is -2.30. The minimum Gasteiger partial charge on any atom is -0.467 e. The highest BCUT2D eigenvalue weighted by atomic mass is 32.2. The number of rotatable bonds is 6. The third kappa shape index (κ3) is 4.57. The zero-order valence-electron chi connectivity index (χ0n) is 15.3. The monoisotopic (exact) mass is 414 g/mol. The van der Waals surface area contributed by atoms with E-state index in [0.29, 0.717) is 24.9 Å². The van der Waals surface area contributed by atoms with Crippen LogP contribution in [-0.2, 0) is 14.8 Å². The van der Waals surface area contributed by atoms with Crippen molar-refractivity contribution in [2.45, 2.75) is 17.9 Å². The lowest BCUT2D eigenvalue weighted by atomic mass is 10.2. The highest BCUT2D eigenvalue weighted by molar-refractivity contribution is 7.89. The third-order valence-electron chi connectivity index (χ3n) is 4.70. The van der Waals surface area contributed by atoms with Crippen LogP contribution in [0.15, 0.2) is 45.9 Å². The first-order chi connectivity index (χ1) is 13.3. The third-order valence-corrected chi connectivity index (χ3v) is 6.63.